The number of carbonyl (C=O) groups is 1. The second-order valence-electron chi connectivity index (χ2n) is 7.57. The number of hydrogen-bond donors (Lipinski definition) is 2. The fraction of sp³-hybridized carbons (Fsp3) is 0.409. The fourth-order valence-electron chi connectivity index (χ4n) is 3.01. The van der Waals surface area contributed by atoms with Gasteiger partial charge < -0.3 is 14.9 Å². The molecule has 26 heavy (non-hydrogen) atoms. The first-order chi connectivity index (χ1) is 12.2. The molecule has 0 aliphatic rings. The van der Waals surface area contributed by atoms with Crippen molar-refractivity contribution in [1.82, 2.24) is 0 Å². The molecule has 4 nitrogen and oxygen atoms in total. The zero-order valence-electron chi connectivity index (χ0n) is 16.0. The summed E-state index contributed by atoms with van der Waals surface area (Å²) >= 11 is 0. The minimum atomic E-state index is -1.26. The van der Waals surface area contributed by atoms with Crippen molar-refractivity contribution in [1.29, 1.82) is 0 Å². The lowest BCUT2D eigenvalue weighted by Crippen LogP contribution is -2.41. The minimum Gasteiger partial charge on any atom is -0.494 e. The standard InChI is InChI=1S/C22H28O4/c1-5-6-15-26-19-13-11-18(12-14-19)22(25,21(2,3)4)17-9-7-16(8-10-17)20(23)24/h7-14,25H,5-6,15H2,1-4H3,(H,23,24). The Kier molecular flexibility index (Phi) is 6.09. The number of carboxylic acids is 1. The van der Waals surface area contributed by atoms with Crippen LogP contribution in [0, 0.1) is 5.41 Å². The number of benzene rings is 2. The van der Waals surface area contributed by atoms with Gasteiger partial charge in [-0.1, -0.05) is 58.4 Å². The molecular weight excluding hydrogens is 328 g/mol. The van der Waals surface area contributed by atoms with Gasteiger partial charge in [0.25, 0.3) is 0 Å². The van der Waals surface area contributed by atoms with Gasteiger partial charge in [-0.05, 0) is 47.2 Å². The summed E-state index contributed by atoms with van der Waals surface area (Å²) in [6, 6.07) is 13.9. The first-order valence-corrected chi connectivity index (χ1v) is 8.99. The van der Waals surface area contributed by atoms with Crippen molar-refractivity contribution >= 4 is 5.97 Å². The van der Waals surface area contributed by atoms with E-state index in [0.717, 1.165) is 24.2 Å². The average molecular weight is 356 g/mol. The topological polar surface area (TPSA) is 66.8 Å². The summed E-state index contributed by atoms with van der Waals surface area (Å²) in [6.07, 6.45) is 2.08. The minimum absolute atomic E-state index is 0.199. The zero-order valence-corrected chi connectivity index (χ0v) is 16.0. The van der Waals surface area contributed by atoms with Gasteiger partial charge in [0.2, 0.25) is 0 Å². The Morgan fingerprint density at radius 2 is 1.46 bits per heavy atom. The Labute approximate surface area is 155 Å². The van der Waals surface area contributed by atoms with E-state index in [4.69, 9.17) is 9.84 Å². The maximum atomic E-state index is 11.6. The summed E-state index contributed by atoms with van der Waals surface area (Å²) < 4.78 is 5.70. The largest absolute Gasteiger partial charge is 0.494 e. The van der Waals surface area contributed by atoms with E-state index in [1.54, 1.807) is 12.1 Å². The number of unbranched alkanes of at least 4 members (excludes halogenated alkanes) is 1. The predicted molar refractivity (Wildman–Crippen MR) is 103 cm³/mol. The van der Waals surface area contributed by atoms with Crippen LogP contribution in [-0.2, 0) is 5.60 Å². The number of ether oxygens (including phenoxy) is 1. The molecule has 0 amide bonds. The third kappa shape index (κ3) is 4.07. The highest BCUT2D eigenvalue weighted by Gasteiger charge is 2.43. The number of carboxylic acid groups (broad SMARTS) is 1. The molecule has 0 saturated carbocycles. The lowest BCUT2D eigenvalue weighted by Gasteiger charge is -2.41. The monoisotopic (exact) mass is 356 g/mol. The molecule has 1 atom stereocenters. The number of aromatic carboxylic acids is 1. The molecule has 2 rings (SSSR count). The van der Waals surface area contributed by atoms with Crippen LogP contribution in [0.15, 0.2) is 48.5 Å². The van der Waals surface area contributed by atoms with Gasteiger partial charge in [0, 0.05) is 0 Å². The number of hydrogen-bond acceptors (Lipinski definition) is 3. The zero-order chi connectivity index (χ0) is 19.4. The van der Waals surface area contributed by atoms with E-state index in [-0.39, 0.29) is 5.56 Å². The molecule has 2 aromatic rings. The van der Waals surface area contributed by atoms with Crippen LogP contribution >= 0.6 is 0 Å². The molecule has 0 spiro atoms. The molecule has 0 aliphatic carbocycles. The molecule has 2 aromatic carbocycles. The molecule has 0 radical (unpaired) electrons. The molecule has 2 N–H and O–H groups in total. The smallest absolute Gasteiger partial charge is 0.335 e. The van der Waals surface area contributed by atoms with Crippen LogP contribution in [0.4, 0.5) is 0 Å². The van der Waals surface area contributed by atoms with Crippen molar-refractivity contribution in [2.75, 3.05) is 6.61 Å². The fourth-order valence-corrected chi connectivity index (χ4v) is 3.01. The van der Waals surface area contributed by atoms with Gasteiger partial charge in [-0.3, -0.25) is 0 Å². The van der Waals surface area contributed by atoms with Crippen LogP contribution in [0.3, 0.4) is 0 Å². The van der Waals surface area contributed by atoms with Crippen LogP contribution in [-0.4, -0.2) is 22.8 Å². The maximum absolute atomic E-state index is 11.6. The highest BCUT2D eigenvalue weighted by Crippen LogP contribution is 2.45. The van der Waals surface area contributed by atoms with E-state index >= 15 is 0 Å². The number of aliphatic hydroxyl groups is 1. The molecular formula is C22H28O4. The second-order valence-corrected chi connectivity index (χ2v) is 7.57. The first-order valence-electron chi connectivity index (χ1n) is 8.99. The molecule has 0 aromatic heterocycles. The Morgan fingerprint density at radius 3 is 1.88 bits per heavy atom. The quantitative estimate of drug-likeness (QED) is 0.696. The molecule has 0 bridgehead atoms. The van der Waals surface area contributed by atoms with Crippen molar-refractivity contribution in [2.24, 2.45) is 5.41 Å². The first kappa shape index (κ1) is 20.0. The van der Waals surface area contributed by atoms with Gasteiger partial charge in [-0.25, -0.2) is 4.79 Å². The molecule has 0 saturated heterocycles. The van der Waals surface area contributed by atoms with Crippen molar-refractivity contribution in [3.63, 3.8) is 0 Å². The Morgan fingerprint density at radius 1 is 0.962 bits per heavy atom. The van der Waals surface area contributed by atoms with Crippen LogP contribution in [0.2, 0.25) is 0 Å². The lowest BCUT2D eigenvalue weighted by atomic mass is 9.68. The van der Waals surface area contributed by atoms with Crippen LogP contribution in [0.25, 0.3) is 0 Å². The normalized spacial score (nSPS) is 13.9. The third-order valence-electron chi connectivity index (χ3n) is 4.67. The van der Waals surface area contributed by atoms with Crippen LogP contribution in [0.5, 0.6) is 5.75 Å². The van der Waals surface area contributed by atoms with Gasteiger partial charge in [0.15, 0.2) is 0 Å². The van der Waals surface area contributed by atoms with Crippen molar-refractivity contribution in [3.05, 3.63) is 65.2 Å². The summed E-state index contributed by atoms with van der Waals surface area (Å²) in [5, 5.41) is 20.7. The molecule has 140 valence electrons. The Bertz CT molecular complexity index is 726. The van der Waals surface area contributed by atoms with Gasteiger partial charge in [-0.2, -0.15) is 0 Å². The SMILES string of the molecule is CCCCOc1ccc(C(O)(c2ccc(C(=O)O)cc2)C(C)(C)C)cc1. The second kappa shape index (κ2) is 7.92. The summed E-state index contributed by atoms with van der Waals surface area (Å²) in [7, 11) is 0. The molecule has 4 heteroatoms. The van der Waals surface area contributed by atoms with Crippen molar-refractivity contribution in [3.8, 4) is 5.75 Å². The summed E-state index contributed by atoms with van der Waals surface area (Å²) in [5.41, 5.74) is -0.149. The maximum Gasteiger partial charge on any atom is 0.335 e. The van der Waals surface area contributed by atoms with Crippen LogP contribution in [0.1, 0.15) is 62.0 Å². The Balaban J connectivity index is 2.39. The molecule has 0 aliphatic heterocycles. The highest BCUT2D eigenvalue weighted by atomic mass is 16.5. The van der Waals surface area contributed by atoms with E-state index in [1.165, 1.54) is 12.1 Å². The third-order valence-corrected chi connectivity index (χ3v) is 4.67. The molecule has 1 unspecified atom stereocenters. The van der Waals surface area contributed by atoms with Crippen molar-refractivity contribution < 1.29 is 19.7 Å². The highest BCUT2D eigenvalue weighted by molar-refractivity contribution is 5.87. The molecule has 0 heterocycles. The van der Waals surface area contributed by atoms with E-state index in [2.05, 4.69) is 6.92 Å². The molecule has 0 fully saturated rings. The summed E-state index contributed by atoms with van der Waals surface area (Å²) in [6.45, 7) is 8.68. The average Bonchev–Trinajstić information content (AvgIpc) is 2.61. The van der Waals surface area contributed by atoms with Crippen molar-refractivity contribution in [2.45, 2.75) is 46.1 Å². The van der Waals surface area contributed by atoms with Gasteiger partial charge in [0.05, 0.1) is 12.2 Å². The van der Waals surface area contributed by atoms with Gasteiger partial charge in [-0.15, -0.1) is 0 Å². The summed E-state index contributed by atoms with van der Waals surface area (Å²) in [4.78, 5) is 11.1. The van der Waals surface area contributed by atoms with E-state index in [0.29, 0.717) is 12.2 Å². The van der Waals surface area contributed by atoms with E-state index in [9.17, 15) is 9.90 Å². The Hall–Kier alpha value is -2.33. The lowest BCUT2D eigenvalue weighted by molar-refractivity contribution is -0.0259. The number of rotatable bonds is 7. The predicted octanol–water partition coefficient (Wildman–Crippen LogP) is 4.85. The van der Waals surface area contributed by atoms with Gasteiger partial charge in [0.1, 0.15) is 11.4 Å². The van der Waals surface area contributed by atoms with Crippen LogP contribution < -0.4 is 4.74 Å². The van der Waals surface area contributed by atoms with E-state index < -0.39 is 17.0 Å². The van der Waals surface area contributed by atoms with Gasteiger partial charge >= 0.3 is 5.97 Å². The summed E-state index contributed by atoms with van der Waals surface area (Å²) in [5.74, 6) is -0.205. The van der Waals surface area contributed by atoms with E-state index in [1.807, 2.05) is 45.0 Å².